The van der Waals surface area contributed by atoms with Crippen molar-refractivity contribution in [2.24, 2.45) is 0 Å². The van der Waals surface area contributed by atoms with Crippen LogP contribution in [0, 0.1) is 0 Å². The van der Waals surface area contributed by atoms with Gasteiger partial charge in [0.05, 0.1) is 37.6 Å². The van der Waals surface area contributed by atoms with E-state index in [0.717, 1.165) is 48.0 Å². The molecule has 1 fully saturated rings. The van der Waals surface area contributed by atoms with E-state index in [1.807, 2.05) is 12.3 Å². The summed E-state index contributed by atoms with van der Waals surface area (Å²) in [6, 6.07) is 11.4. The third kappa shape index (κ3) is 5.91. The first kappa shape index (κ1) is 25.6. The fourth-order valence-corrected chi connectivity index (χ4v) is 5.27. The standard InChI is InChI=1S/C23H27N3O4S2.ClH/c1-28-17-13-16(14-18(15-17)29-2)22(27)26(8-7-25-9-11-30-12-10-25)23-24-21-19(31-3)5-4-6-20(21)32-23;/h4-6,13-15H,7-12H2,1-3H3;1H. The number of benzene rings is 2. The molecule has 1 amide bonds. The first-order valence-corrected chi connectivity index (χ1v) is 12.5. The molecular weight excluding hydrogens is 482 g/mol. The summed E-state index contributed by atoms with van der Waals surface area (Å²) in [4.78, 5) is 23.8. The van der Waals surface area contributed by atoms with Crippen LogP contribution in [-0.4, -0.2) is 75.7 Å². The Hall–Kier alpha value is -2.04. The zero-order valence-corrected chi connectivity index (χ0v) is 21.4. The second-order valence-electron chi connectivity index (χ2n) is 7.32. The summed E-state index contributed by atoms with van der Waals surface area (Å²) in [6.45, 7) is 4.46. The number of carbonyl (C=O) groups excluding carboxylic acids is 1. The molecule has 0 aliphatic carbocycles. The Kier molecular flexibility index (Phi) is 9.22. The molecule has 7 nitrogen and oxygen atoms in total. The molecule has 1 aromatic heterocycles. The normalized spacial score (nSPS) is 14.0. The lowest BCUT2D eigenvalue weighted by molar-refractivity contribution is 0.0391. The Balaban J connectivity index is 0.00000306. The summed E-state index contributed by atoms with van der Waals surface area (Å²) in [5, 5.41) is 0.696. The SMILES string of the molecule is COc1cc(OC)cc(C(=O)N(CCN2CCOCC2)c2nc3c(SC)cccc3s2)c1.Cl. The van der Waals surface area contributed by atoms with E-state index in [1.165, 1.54) is 11.3 Å². The fourth-order valence-electron chi connectivity index (χ4n) is 3.63. The molecule has 0 unspecified atom stereocenters. The predicted molar refractivity (Wildman–Crippen MR) is 137 cm³/mol. The lowest BCUT2D eigenvalue weighted by atomic mass is 10.1. The van der Waals surface area contributed by atoms with E-state index in [4.69, 9.17) is 19.2 Å². The van der Waals surface area contributed by atoms with Crippen LogP contribution in [0.4, 0.5) is 5.13 Å². The lowest BCUT2D eigenvalue weighted by Crippen LogP contribution is -2.43. The minimum Gasteiger partial charge on any atom is -0.497 e. The third-order valence-electron chi connectivity index (χ3n) is 5.41. The highest BCUT2D eigenvalue weighted by Crippen LogP contribution is 2.35. The number of thioether (sulfide) groups is 1. The van der Waals surface area contributed by atoms with Gasteiger partial charge in [0.15, 0.2) is 5.13 Å². The molecule has 0 radical (unpaired) electrons. The van der Waals surface area contributed by atoms with Crippen LogP contribution < -0.4 is 14.4 Å². The number of fused-ring (bicyclic) bond motifs is 1. The highest BCUT2D eigenvalue weighted by Gasteiger charge is 2.24. The summed E-state index contributed by atoms with van der Waals surface area (Å²) < 4.78 is 17.3. The molecular formula is C23H28ClN3O4S2. The van der Waals surface area contributed by atoms with E-state index in [9.17, 15) is 4.79 Å². The van der Waals surface area contributed by atoms with Gasteiger partial charge in [-0.2, -0.15) is 0 Å². The van der Waals surface area contributed by atoms with Gasteiger partial charge in [0.1, 0.15) is 11.5 Å². The van der Waals surface area contributed by atoms with Gasteiger partial charge in [-0.25, -0.2) is 4.98 Å². The van der Waals surface area contributed by atoms with Crippen molar-refractivity contribution in [3.63, 3.8) is 0 Å². The maximum Gasteiger partial charge on any atom is 0.260 e. The van der Waals surface area contributed by atoms with Gasteiger partial charge >= 0.3 is 0 Å². The average Bonchev–Trinajstić information content (AvgIpc) is 3.28. The number of amides is 1. The van der Waals surface area contributed by atoms with Crippen LogP contribution in [0.1, 0.15) is 10.4 Å². The second kappa shape index (κ2) is 11.9. The number of hydrogen-bond donors (Lipinski definition) is 0. The van der Waals surface area contributed by atoms with E-state index >= 15 is 0 Å². The van der Waals surface area contributed by atoms with Gasteiger partial charge in [-0.05, 0) is 30.5 Å². The van der Waals surface area contributed by atoms with Crippen LogP contribution in [0.3, 0.4) is 0 Å². The van der Waals surface area contributed by atoms with Gasteiger partial charge < -0.3 is 14.2 Å². The predicted octanol–water partition coefficient (Wildman–Crippen LogP) is 4.44. The van der Waals surface area contributed by atoms with Crippen molar-refractivity contribution < 1.29 is 19.0 Å². The number of morpholine rings is 1. The van der Waals surface area contributed by atoms with Crippen LogP contribution in [0.2, 0.25) is 0 Å². The first-order valence-electron chi connectivity index (χ1n) is 10.4. The summed E-state index contributed by atoms with van der Waals surface area (Å²) in [6.07, 6.45) is 2.04. The summed E-state index contributed by atoms with van der Waals surface area (Å²) in [5.41, 5.74) is 1.44. The van der Waals surface area contributed by atoms with Crippen LogP contribution in [0.5, 0.6) is 11.5 Å². The number of halogens is 1. The van der Waals surface area contributed by atoms with Gasteiger partial charge in [0.2, 0.25) is 0 Å². The molecule has 33 heavy (non-hydrogen) atoms. The van der Waals surface area contributed by atoms with Crippen LogP contribution in [0.15, 0.2) is 41.3 Å². The number of aromatic nitrogens is 1. The quantitative estimate of drug-likeness (QED) is 0.416. The van der Waals surface area contributed by atoms with Crippen molar-refractivity contribution in [1.29, 1.82) is 0 Å². The largest absolute Gasteiger partial charge is 0.497 e. The molecule has 0 spiro atoms. The Labute approximate surface area is 208 Å². The van der Waals surface area contributed by atoms with Crippen LogP contribution in [0.25, 0.3) is 10.2 Å². The van der Waals surface area contributed by atoms with E-state index in [-0.39, 0.29) is 18.3 Å². The number of hydrogen-bond acceptors (Lipinski definition) is 8. The van der Waals surface area contributed by atoms with E-state index < -0.39 is 0 Å². The molecule has 0 saturated carbocycles. The molecule has 10 heteroatoms. The van der Waals surface area contributed by atoms with Crippen LogP contribution >= 0.6 is 35.5 Å². The number of nitrogens with zero attached hydrogens (tertiary/aromatic N) is 3. The summed E-state index contributed by atoms with van der Waals surface area (Å²) in [5.74, 6) is 1.03. The van der Waals surface area contributed by atoms with Crippen molar-refractivity contribution in [3.05, 3.63) is 42.0 Å². The second-order valence-corrected chi connectivity index (χ2v) is 9.17. The topological polar surface area (TPSA) is 64.1 Å². The zero-order chi connectivity index (χ0) is 22.5. The zero-order valence-electron chi connectivity index (χ0n) is 18.9. The van der Waals surface area contributed by atoms with E-state index in [1.54, 1.807) is 49.1 Å². The average molecular weight is 510 g/mol. The minimum atomic E-state index is -0.125. The van der Waals surface area contributed by atoms with Crippen molar-refractivity contribution in [1.82, 2.24) is 9.88 Å². The van der Waals surface area contributed by atoms with E-state index in [2.05, 4.69) is 17.0 Å². The minimum absolute atomic E-state index is 0. The molecule has 2 aromatic carbocycles. The number of anilines is 1. The molecule has 1 saturated heterocycles. The Morgan fingerprint density at radius 1 is 1.18 bits per heavy atom. The molecule has 1 aliphatic rings. The Morgan fingerprint density at radius 2 is 1.88 bits per heavy atom. The molecule has 0 atom stereocenters. The van der Waals surface area contributed by atoms with Gasteiger partial charge in [0.25, 0.3) is 5.91 Å². The van der Waals surface area contributed by atoms with E-state index in [0.29, 0.717) is 28.7 Å². The third-order valence-corrected chi connectivity index (χ3v) is 7.22. The number of carbonyl (C=O) groups is 1. The first-order chi connectivity index (χ1) is 15.6. The molecule has 0 bridgehead atoms. The summed E-state index contributed by atoms with van der Waals surface area (Å²) in [7, 11) is 3.16. The van der Waals surface area contributed by atoms with Gasteiger partial charge in [0, 0.05) is 42.7 Å². The maximum atomic E-state index is 13.7. The number of methoxy groups -OCH3 is 2. The maximum absolute atomic E-state index is 13.7. The monoisotopic (exact) mass is 509 g/mol. The van der Waals surface area contributed by atoms with Gasteiger partial charge in [-0.15, -0.1) is 24.2 Å². The number of thiazole rings is 1. The molecule has 3 aromatic rings. The molecule has 2 heterocycles. The molecule has 0 N–H and O–H groups in total. The molecule has 178 valence electrons. The number of para-hydroxylation sites is 1. The summed E-state index contributed by atoms with van der Waals surface area (Å²) >= 11 is 3.20. The Bertz CT molecular complexity index is 1070. The van der Waals surface area contributed by atoms with Crippen molar-refractivity contribution in [3.8, 4) is 11.5 Å². The highest BCUT2D eigenvalue weighted by molar-refractivity contribution is 7.98. The number of ether oxygens (including phenoxy) is 3. The highest BCUT2D eigenvalue weighted by atomic mass is 35.5. The Morgan fingerprint density at radius 3 is 2.52 bits per heavy atom. The van der Waals surface area contributed by atoms with Crippen molar-refractivity contribution >= 4 is 56.8 Å². The van der Waals surface area contributed by atoms with Crippen LogP contribution in [-0.2, 0) is 4.74 Å². The number of rotatable bonds is 8. The van der Waals surface area contributed by atoms with Crippen molar-refractivity contribution in [2.75, 3.05) is 64.8 Å². The van der Waals surface area contributed by atoms with Gasteiger partial charge in [-0.3, -0.25) is 14.6 Å². The lowest BCUT2D eigenvalue weighted by Gasteiger charge is -2.29. The van der Waals surface area contributed by atoms with Crippen molar-refractivity contribution in [2.45, 2.75) is 4.90 Å². The molecule has 4 rings (SSSR count). The smallest absolute Gasteiger partial charge is 0.260 e. The molecule has 1 aliphatic heterocycles. The van der Waals surface area contributed by atoms with Gasteiger partial charge in [-0.1, -0.05) is 17.4 Å². The fraction of sp³-hybridized carbons (Fsp3) is 0.391.